The number of carbonyl (C=O) groups is 1. The molecule has 3 N–H and O–H groups in total. The van der Waals surface area contributed by atoms with Crippen LogP contribution in [0, 0.1) is 0 Å². The molecule has 0 radical (unpaired) electrons. The van der Waals surface area contributed by atoms with E-state index >= 15 is 0 Å². The minimum atomic E-state index is -4.46. The van der Waals surface area contributed by atoms with Crippen LogP contribution >= 0.6 is 0 Å². The molecule has 2 aromatic rings. The van der Waals surface area contributed by atoms with E-state index in [1.54, 1.807) is 0 Å². The van der Waals surface area contributed by atoms with Crippen LogP contribution in [0.3, 0.4) is 0 Å². The molecule has 7 heteroatoms. The highest BCUT2D eigenvalue weighted by Gasteiger charge is 2.30. The van der Waals surface area contributed by atoms with Gasteiger partial charge in [-0.15, -0.1) is 0 Å². The second-order valence-electron chi connectivity index (χ2n) is 4.00. The lowest BCUT2D eigenvalue weighted by Gasteiger charge is -2.10. The Morgan fingerprint density at radius 3 is 2.65 bits per heavy atom. The van der Waals surface area contributed by atoms with E-state index in [2.05, 4.69) is 10.3 Å². The predicted molar refractivity (Wildman–Crippen MR) is 68.0 cm³/mol. The third-order valence-corrected chi connectivity index (χ3v) is 2.55. The summed E-state index contributed by atoms with van der Waals surface area (Å²) >= 11 is 0. The van der Waals surface area contributed by atoms with E-state index in [0.717, 1.165) is 12.1 Å². The molecule has 0 aliphatic carbocycles. The number of pyridine rings is 1. The zero-order chi connectivity index (χ0) is 14.8. The molecule has 0 aliphatic rings. The molecule has 1 amide bonds. The molecule has 0 unspecified atom stereocenters. The molecule has 0 saturated heterocycles. The van der Waals surface area contributed by atoms with Crippen molar-refractivity contribution < 1.29 is 18.0 Å². The Morgan fingerprint density at radius 2 is 2.00 bits per heavy atom. The SMILES string of the molecule is Nc1ccncc1C(=O)Nc1cccc(C(F)(F)F)c1. The van der Waals surface area contributed by atoms with Crippen molar-refractivity contribution in [3.63, 3.8) is 0 Å². The number of carbonyl (C=O) groups excluding carboxylic acids is 1. The molecule has 1 heterocycles. The van der Waals surface area contributed by atoms with Crippen molar-refractivity contribution in [2.75, 3.05) is 11.1 Å². The van der Waals surface area contributed by atoms with Gasteiger partial charge in [0.05, 0.1) is 11.1 Å². The van der Waals surface area contributed by atoms with Crippen LogP contribution in [0.15, 0.2) is 42.7 Å². The maximum atomic E-state index is 12.5. The summed E-state index contributed by atoms with van der Waals surface area (Å²) in [6.07, 6.45) is -1.80. The van der Waals surface area contributed by atoms with Crippen molar-refractivity contribution >= 4 is 17.3 Å². The summed E-state index contributed by atoms with van der Waals surface area (Å²) in [7, 11) is 0. The van der Waals surface area contributed by atoms with Crippen molar-refractivity contribution in [3.05, 3.63) is 53.9 Å². The highest BCUT2D eigenvalue weighted by molar-refractivity contribution is 6.07. The van der Waals surface area contributed by atoms with Gasteiger partial charge in [0, 0.05) is 23.8 Å². The van der Waals surface area contributed by atoms with Gasteiger partial charge in [-0.2, -0.15) is 13.2 Å². The summed E-state index contributed by atoms with van der Waals surface area (Å²) < 4.78 is 37.6. The standard InChI is InChI=1S/C13H10F3N3O/c14-13(15,16)8-2-1-3-9(6-8)19-12(20)10-7-18-5-4-11(10)17/h1-7H,(H2,17,18)(H,19,20). The lowest BCUT2D eigenvalue weighted by atomic mass is 10.1. The molecule has 0 atom stereocenters. The first-order valence-electron chi connectivity index (χ1n) is 5.56. The van der Waals surface area contributed by atoms with Gasteiger partial charge in [-0.1, -0.05) is 6.07 Å². The molecule has 1 aromatic carbocycles. The van der Waals surface area contributed by atoms with Crippen molar-refractivity contribution in [3.8, 4) is 0 Å². The number of nitrogens with two attached hydrogens (primary N) is 1. The molecule has 0 aliphatic heterocycles. The highest BCUT2D eigenvalue weighted by atomic mass is 19.4. The Balaban J connectivity index is 2.23. The van der Waals surface area contributed by atoms with E-state index < -0.39 is 17.6 Å². The van der Waals surface area contributed by atoms with Crippen molar-refractivity contribution in [1.29, 1.82) is 0 Å². The fourth-order valence-corrected chi connectivity index (χ4v) is 1.57. The molecule has 0 fully saturated rings. The molecular weight excluding hydrogens is 271 g/mol. The average Bonchev–Trinajstić information content (AvgIpc) is 2.38. The van der Waals surface area contributed by atoms with E-state index in [9.17, 15) is 18.0 Å². The molecule has 0 saturated carbocycles. The van der Waals surface area contributed by atoms with E-state index in [1.165, 1.54) is 30.6 Å². The number of hydrogen-bond donors (Lipinski definition) is 2. The number of aromatic nitrogens is 1. The lowest BCUT2D eigenvalue weighted by molar-refractivity contribution is -0.137. The summed E-state index contributed by atoms with van der Waals surface area (Å²) in [5.74, 6) is -0.616. The number of anilines is 2. The van der Waals surface area contributed by atoms with Crippen LogP contribution in [0.1, 0.15) is 15.9 Å². The van der Waals surface area contributed by atoms with Crippen LogP contribution in [-0.4, -0.2) is 10.9 Å². The minimum absolute atomic E-state index is 0.0353. The number of benzene rings is 1. The van der Waals surface area contributed by atoms with Crippen LogP contribution in [0.25, 0.3) is 0 Å². The first-order chi connectivity index (χ1) is 9.38. The summed E-state index contributed by atoms with van der Waals surface area (Å²) in [6.45, 7) is 0. The summed E-state index contributed by atoms with van der Waals surface area (Å²) in [4.78, 5) is 15.6. The van der Waals surface area contributed by atoms with Gasteiger partial charge >= 0.3 is 6.18 Å². The predicted octanol–water partition coefficient (Wildman–Crippen LogP) is 2.93. The maximum Gasteiger partial charge on any atom is 0.416 e. The van der Waals surface area contributed by atoms with E-state index in [0.29, 0.717) is 0 Å². The lowest BCUT2D eigenvalue weighted by Crippen LogP contribution is -2.15. The molecular formula is C13H10F3N3O. The van der Waals surface area contributed by atoms with Gasteiger partial charge in [0.15, 0.2) is 0 Å². The molecule has 4 nitrogen and oxygen atoms in total. The molecule has 0 bridgehead atoms. The zero-order valence-corrected chi connectivity index (χ0v) is 10.1. The highest BCUT2D eigenvalue weighted by Crippen LogP contribution is 2.30. The Hall–Kier alpha value is -2.57. The first-order valence-corrected chi connectivity index (χ1v) is 5.56. The van der Waals surface area contributed by atoms with Gasteiger partial charge in [0.25, 0.3) is 5.91 Å². The normalized spacial score (nSPS) is 11.2. The Labute approximate surface area is 112 Å². The molecule has 104 valence electrons. The third-order valence-electron chi connectivity index (χ3n) is 2.55. The number of alkyl halides is 3. The van der Waals surface area contributed by atoms with Crippen LogP contribution < -0.4 is 11.1 Å². The Kier molecular flexibility index (Phi) is 3.60. The fourth-order valence-electron chi connectivity index (χ4n) is 1.57. The van der Waals surface area contributed by atoms with Gasteiger partial charge in [0.1, 0.15) is 0 Å². The molecule has 0 spiro atoms. The molecule has 20 heavy (non-hydrogen) atoms. The van der Waals surface area contributed by atoms with Gasteiger partial charge in [-0.3, -0.25) is 9.78 Å². The van der Waals surface area contributed by atoms with Gasteiger partial charge < -0.3 is 11.1 Å². The first kappa shape index (κ1) is 13.9. The quantitative estimate of drug-likeness (QED) is 0.889. The van der Waals surface area contributed by atoms with Crippen LogP contribution in [0.5, 0.6) is 0 Å². The smallest absolute Gasteiger partial charge is 0.398 e. The van der Waals surface area contributed by atoms with Crippen molar-refractivity contribution in [2.24, 2.45) is 0 Å². The van der Waals surface area contributed by atoms with E-state index in [4.69, 9.17) is 5.73 Å². The van der Waals surface area contributed by atoms with Crippen LogP contribution in [0.2, 0.25) is 0 Å². The van der Waals surface area contributed by atoms with E-state index in [1.807, 2.05) is 0 Å². The third kappa shape index (κ3) is 3.05. The number of nitrogens with one attached hydrogen (secondary N) is 1. The van der Waals surface area contributed by atoms with Gasteiger partial charge in [-0.05, 0) is 24.3 Å². The minimum Gasteiger partial charge on any atom is -0.398 e. The Morgan fingerprint density at radius 1 is 1.25 bits per heavy atom. The average molecular weight is 281 g/mol. The second kappa shape index (κ2) is 5.20. The maximum absolute atomic E-state index is 12.5. The van der Waals surface area contributed by atoms with Gasteiger partial charge in [0.2, 0.25) is 0 Å². The summed E-state index contributed by atoms with van der Waals surface area (Å²) in [5.41, 5.74) is 5.09. The topological polar surface area (TPSA) is 68.0 Å². The van der Waals surface area contributed by atoms with Gasteiger partial charge in [-0.25, -0.2) is 0 Å². The molecule has 2 rings (SSSR count). The second-order valence-corrected chi connectivity index (χ2v) is 4.00. The number of nitrogen functional groups attached to an aromatic ring is 1. The number of rotatable bonds is 2. The van der Waals surface area contributed by atoms with Crippen LogP contribution in [-0.2, 0) is 6.18 Å². The largest absolute Gasteiger partial charge is 0.416 e. The number of hydrogen-bond acceptors (Lipinski definition) is 3. The number of nitrogens with zero attached hydrogens (tertiary/aromatic N) is 1. The summed E-state index contributed by atoms with van der Waals surface area (Å²) in [6, 6.07) is 5.78. The zero-order valence-electron chi connectivity index (χ0n) is 10.1. The number of amides is 1. The summed E-state index contributed by atoms with van der Waals surface area (Å²) in [5, 5.41) is 2.35. The molecule has 1 aromatic heterocycles. The monoisotopic (exact) mass is 281 g/mol. The van der Waals surface area contributed by atoms with Crippen molar-refractivity contribution in [2.45, 2.75) is 6.18 Å². The fraction of sp³-hybridized carbons (Fsp3) is 0.0769. The number of halogens is 3. The Bertz CT molecular complexity index is 641. The van der Waals surface area contributed by atoms with E-state index in [-0.39, 0.29) is 16.9 Å². The van der Waals surface area contributed by atoms with Crippen LogP contribution in [0.4, 0.5) is 24.5 Å². The van der Waals surface area contributed by atoms with Crippen molar-refractivity contribution in [1.82, 2.24) is 4.98 Å².